The molecule has 0 bridgehead atoms. The molecule has 2 atom stereocenters. The van der Waals surface area contributed by atoms with Crippen molar-refractivity contribution in [2.75, 3.05) is 0 Å². The zero-order valence-corrected chi connectivity index (χ0v) is 11.8. The third-order valence-electron chi connectivity index (χ3n) is 3.86. The Morgan fingerprint density at radius 3 is 2.56 bits per heavy atom. The Labute approximate surface area is 114 Å². The Hall–Kier alpha value is -0.600. The summed E-state index contributed by atoms with van der Waals surface area (Å²) in [7, 11) is 0. The maximum absolute atomic E-state index is 13.3. The van der Waals surface area contributed by atoms with Gasteiger partial charge in [-0.05, 0) is 61.3 Å². The summed E-state index contributed by atoms with van der Waals surface area (Å²) in [5.41, 5.74) is 7.10. The standard InChI is InChI=1S/C15H21ClFN/c1-10-5-11(2)8-15(18,7-10)9-12-6-13(17)3-4-14(12)16/h3-4,6,10-11H,5,7-9,18H2,1-2H3. The van der Waals surface area contributed by atoms with Crippen LogP contribution in [-0.2, 0) is 6.42 Å². The summed E-state index contributed by atoms with van der Waals surface area (Å²) in [4.78, 5) is 0. The first-order valence-electron chi connectivity index (χ1n) is 6.61. The van der Waals surface area contributed by atoms with Crippen molar-refractivity contribution in [3.05, 3.63) is 34.6 Å². The smallest absolute Gasteiger partial charge is 0.123 e. The molecule has 1 saturated carbocycles. The summed E-state index contributed by atoms with van der Waals surface area (Å²) < 4.78 is 13.3. The third-order valence-corrected chi connectivity index (χ3v) is 4.23. The summed E-state index contributed by atoms with van der Waals surface area (Å²) in [6.07, 6.45) is 3.88. The van der Waals surface area contributed by atoms with Gasteiger partial charge < -0.3 is 5.73 Å². The van der Waals surface area contributed by atoms with E-state index in [-0.39, 0.29) is 11.4 Å². The number of benzene rings is 1. The van der Waals surface area contributed by atoms with Crippen molar-refractivity contribution in [2.24, 2.45) is 17.6 Å². The maximum Gasteiger partial charge on any atom is 0.123 e. The van der Waals surface area contributed by atoms with E-state index in [0.29, 0.717) is 23.3 Å². The molecule has 0 radical (unpaired) electrons. The van der Waals surface area contributed by atoms with Crippen LogP contribution in [0.3, 0.4) is 0 Å². The van der Waals surface area contributed by atoms with E-state index in [1.165, 1.54) is 18.6 Å². The molecule has 0 aliphatic heterocycles. The van der Waals surface area contributed by atoms with Crippen LogP contribution in [-0.4, -0.2) is 5.54 Å². The number of nitrogens with two attached hydrogens (primary N) is 1. The van der Waals surface area contributed by atoms with E-state index in [1.54, 1.807) is 6.07 Å². The maximum atomic E-state index is 13.3. The fourth-order valence-corrected chi connectivity index (χ4v) is 3.71. The minimum Gasteiger partial charge on any atom is -0.325 e. The van der Waals surface area contributed by atoms with E-state index in [9.17, 15) is 4.39 Å². The molecule has 1 fully saturated rings. The first kappa shape index (κ1) is 13.8. The molecular formula is C15H21ClFN. The van der Waals surface area contributed by atoms with Gasteiger partial charge >= 0.3 is 0 Å². The molecule has 1 aliphatic rings. The van der Waals surface area contributed by atoms with Gasteiger partial charge in [0.05, 0.1) is 0 Å². The van der Waals surface area contributed by atoms with E-state index >= 15 is 0 Å². The lowest BCUT2D eigenvalue weighted by Gasteiger charge is -2.40. The Morgan fingerprint density at radius 1 is 1.33 bits per heavy atom. The minimum atomic E-state index is -0.242. The molecule has 100 valence electrons. The SMILES string of the molecule is CC1CC(C)CC(N)(Cc2cc(F)ccc2Cl)C1. The van der Waals surface area contributed by atoms with E-state index < -0.39 is 0 Å². The summed E-state index contributed by atoms with van der Waals surface area (Å²) in [5, 5.41) is 0.618. The molecule has 3 heteroatoms. The van der Waals surface area contributed by atoms with E-state index in [1.807, 2.05) is 0 Å². The molecule has 0 spiro atoms. The van der Waals surface area contributed by atoms with Crippen LogP contribution in [0.15, 0.2) is 18.2 Å². The van der Waals surface area contributed by atoms with Crippen molar-refractivity contribution in [3.8, 4) is 0 Å². The van der Waals surface area contributed by atoms with Gasteiger partial charge in [0.25, 0.3) is 0 Å². The number of rotatable bonds is 2. The molecule has 0 saturated heterocycles. The van der Waals surface area contributed by atoms with Crippen LogP contribution in [0.25, 0.3) is 0 Å². The minimum absolute atomic E-state index is 0.241. The molecule has 2 rings (SSSR count). The topological polar surface area (TPSA) is 26.0 Å². The van der Waals surface area contributed by atoms with Crippen LogP contribution in [0, 0.1) is 17.7 Å². The second kappa shape index (κ2) is 5.18. The molecule has 2 N–H and O–H groups in total. The highest BCUT2D eigenvalue weighted by atomic mass is 35.5. The zero-order valence-electron chi connectivity index (χ0n) is 11.0. The quantitative estimate of drug-likeness (QED) is 0.857. The normalized spacial score (nSPS) is 32.5. The van der Waals surface area contributed by atoms with Crippen molar-refractivity contribution in [1.29, 1.82) is 0 Å². The summed E-state index contributed by atoms with van der Waals surface area (Å²) in [6.45, 7) is 4.48. The Balaban J connectivity index is 2.18. The molecule has 0 heterocycles. The van der Waals surface area contributed by atoms with Gasteiger partial charge in [0.15, 0.2) is 0 Å². The van der Waals surface area contributed by atoms with Gasteiger partial charge in [-0.1, -0.05) is 25.4 Å². The van der Waals surface area contributed by atoms with E-state index in [0.717, 1.165) is 18.4 Å². The van der Waals surface area contributed by atoms with Crippen LogP contribution in [0.5, 0.6) is 0 Å². The highest BCUT2D eigenvalue weighted by molar-refractivity contribution is 6.31. The van der Waals surface area contributed by atoms with Crippen molar-refractivity contribution in [2.45, 2.75) is 45.1 Å². The van der Waals surface area contributed by atoms with Gasteiger partial charge in [0.1, 0.15) is 5.82 Å². The first-order valence-corrected chi connectivity index (χ1v) is 6.98. The lowest BCUT2D eigenvalue weighted by atomic mass is 9.70. The summed E-state index contributed by atoms with van der Waals surface area (Å²) >= 11 is 6.13. The third kappa shape index (κ3) is 3.24. The molecule has 1 aromatic rings. The molecule has 0 aromatic heterocycles. The van der Waals surface area contributed by atoms with Gasteiger partial charge in [-0.2, -0.15) is 0 Å². The van der Waals surface area contributed by atoms with Crippen LogP contribution in [0.1, 0.15) is 38.7 Å². The number of hydrogen-bond donors (Lipinski definition) is 1. The van der Waals surface area contributed by atoms with Crippen LogP contribution < -0.4 is 5.73 Å². The predicted octanol–water partition coefficient (Wildman–Crippen LogP) is 4.18. The van der Waals surface area contributed by atoms with Gasteiger partial charge in [-0.3, -0.25) is 0 Å². The van der Waals surface area contributed by atoms with Crippen molar-refractivity contribution in [1.82, 2.24) is 0 Å². The van der Waals surface area contributed by atoms with Gasteiger partial charge in [-0.25, -0.2) is 4.39 Å². The fourth-order valence-electron chi connectivity index (χ4n) is 3.53. The zero-order chi connectivity index (χ0) is 13.3. The van der Waals surface area contributed by atoms with E-state index in [4.69, 9.17) is 17.3 Å². The van der Waals surface area contributed by atoms with Gasteiger partial charge in [0, 0.05) is 10.6 Å². The number of hydrogen-bond acceptors (Lipinski definition) is 1. The monoisotopic (exact) mass is 269 g/mol. The van der Waals surface area contributed by atoms with Crippen molar-refractivity contribution >= 4 is 11.6 Å². The first-order chi connectivity index (χ1) is 8.38. The summed E-state index contributed by atoms with van der Waals surface area (Å²) in [5.74, 6) is 1.02. The van der Waals surface area contributed by atoms with Gasteiger partial charge in [0.2, 0.25) is 0 Å². The van der Waals surface area contributed by atoms with Crippen LogP contribution >= 0.6 is 11.6 Å². The second-order valence-electron chi connectivity index (χ2n) is 6.13. The molecule has 1 nitrogen and oxygen atoms in total. The molecule has 1 aliphatic carbocycles. The Morgan fingerprint density at radius 2 is 1.94 bits per heavy atom. The fraction of sp³-hybridized carbons (Fsp3) is 0.600. The predicted molar refractivity (Wildman–Crippen MR) is 74.2 cm³/mol. The average Bonchev–Trinajstić information content (AvgIpc) is 2.21. The molecular weight excluding hydrogens is 249 g/mol. The molecule has 0 amide bonds. The Bertz CT molecular complexity index is 423. The Kier molecular flexibility index (Phi) is 3.98. The molecule has 1 aromatic carbocycles. The van der Waals surface area contributed by atoms with Crippen LogP contribution in [0.4, 0.5) is 4.39 Å². The highest BCUT2D eigenvalue weighted by Gasteiger charge is 2.35. The molecule has 2 unspecified atom stereocenters. The lowest BCUT2D eigenvalue weighted by Crippen LogP contribution is -2.48. The lowest BCUT2D eigenvalue weighted by molar-refractivity contribution is 0.182. The van der Waals surface area contributed by atoms with Crippen LogP contribution in [0.2, 0.25) is 5.02 Å². The second-order valence-corrected chi connectivity index (χ2v) is 6.54. The highest BCUT2D eigenvalue weighted by Crippen LogP contribution is 2.37. The largest absolute Gasteiger partial charge is 0.325 e. The molecule has 18 heavy (non-hydrogen) atoms. The average molecular weight is 270 g/mol. The van der Waals surface area contributed by atoms with E-state index in [2.05, 4.69) is 13.8 Å². The van der Waals surface area contributed by atoms with Gasteiger partial charge in [-0.15, -0.1) is 0 Å². The summed E-state index contributed by atoms with van der Waals surface area (Å²) in [6, 6.07) is 4.52. The van der Waals surface area contributed by atoms with Crippen molar-refractivity contribution < 1.29 is 4.39 Å². The number of halogens is 2. The van der Waals surface area contributed by atoms with Crippen molar-refractivity contribution in [3.63, 3.8) is 0 Å².